The van der Waals surface area contributed by atoms with E-state index < -0.39 is 9.84 Å². The van der Waals surface area contributed by atoms with Gasteiger partial charge in [-0.1, -0.05) is 28.9 Å². The zero-order chi connectivity index (χ0) is 14.6. The predicted molar refractivity (Wildman–Crippen MR) is 84.4 cm³/mol. The van der Waals surface area contributed by atoms with Gasteiger partial charge >= 0.3 is 0 Å². The maximum Gasteiger partial charge on any atom is 0.149 e. The van der Waals surface area contributed by atoms with E-state index in [1.807, 2.05) is 19.9 Å². The Kier molecular flexibility index (Phi) is 6.02. The zero-order valence-electron chi connectivity index (χ0n) is 12.0. The van der Waals surface area contributed by atoms with Crippen LogP contribution in [0, 0.1) is 13.8 Å². The topological polar surface area (TPSA) is 46.2 Å². The van der Waals surface area contributed by atoms with Crippen molar-refractivity contribution in [3.8, 4) is 0 Å². The Morgan fingerprint density at radius 2 is 1.89 bits per heavy atom. The SMILES string of the molecule is CCCNC(CS(C)(=O)=O)c1cc(C)c(Br)cc1C. The highest BCUT2D eigenvalue weighted by molar-refractivity contribution is 9.10. The molecule has 1 aromatic carbocycles. The number of sulfone groups is 1. The molecule has 0 fully saturated rings. The van der Waals surface area contributed by atoms with Gasteiger partial charge in [0, 0.05) is 16.8 Å². The monoisotopic (exact) mass is 347 g/mol. The Balaban J connectivity index is 3.13. The number of benzene rings is 1. The molecule has 1 unspecified atom stereocenters. The van der Waals surface area contributed by atoms with Crippen LogP contribution in [0.3, 0.4) is 0 Å². The number of hydrogen-bond acceptors (Lipinski definition) is 3. The number of aryl methyl sites for hydroxylation is 2. The molecule has 0 bridgehead atoms. The molecule has 0 aromatic heterocycles. The average Bonchev–Trinajstić information content (AvgIpc) is 2.28. The minimum atomic E-state index is -3.02. The lowest BCUT2D eigenvalue weighted by Crippen LogP contribution is -2.29. The molecule has 0 spiro atoms. The largest absolute Gasteiger partial charge is 0.309 e. The van der Waals surface area contributed by atoms with E-state index >= 15 is 0 Å². The van der Waals surface area contributed by atoms with Crippen LogP contribution in [0.4, 0.5) is 0 Å². The van der Waals surface area contributed by atoms with Crippen molar-refractivity contribution in [1.29, 1.82) is 0 Å². The highest BCUT2D eigenvalue weighted by Gasteiger charge is 2.19. The molecule has 108 valence electrons. The van der Waals surface area contributed by atoms with Crippen LogP contribution in [0.2, 0.25) is 0 Å². The lowest BCUT2D eigenvalue weighted by atomic mass is 10.00. The molecular weight excluding hydrogens is 326 g/mol. The van der Waals surface area contributed by atoms with Crippen molar-refractivity contribution in [2.24, 2.45) is 0 Å². The van der Waals surface area contributed by atoms with Crippen molar-refractivity contribution in [2.45, 2.75) is 33.2 Å². The van der Waals surface area contributed by atoms with Crippen molar-refractivity contribution in [3.63, 3.8) is 0 Å². The molecule has 1 aromatic rings. The Morgan fingerprint density at radius 3 is 2.42 bits per heavy atom. The first-order valence-corrected chi connectivity index (χ1v) is 9.27. The van der Waals surface area contributed by atoms with Gasteiger partial charge in [-0.05, 0) is 49.6 Å². The fraction of sp³-hybridized carbons (Fsp3) is 0.571. The fourth-order valence-corrected chi connectivity index (χ4v) is 3.42. The third-order valence-corrected chi connectivity index (χ3v) is 4.83. The van der Waals surface area contributed by atoms with E-state index in [0.29, 0.717) is 0 Å². The summed E-state index contributed by atoms with van der Waals surface area (Å²) in [5, 5.41) is 3.34. The van der Waals surface area contributed by atoms with E-state index in [9.17, 15) is 8.42 Å². The molecule has 0 saturated carbocycles. The minimum absolute atomic E-state index is 0.134. The second-order valence-electron chi connectivity index (χ2n) is 5.06. The molecule has 0 aliphatic carbocycles. The molecule has 3 nitrogen and oxygen atoms in total. The van der Waals surface area contributed by atoms with Crippen LogP contribution in [0.1, 0.15) is 36.1 Å². The second-order valence-corrected chi connectivity index (χ2v) is 8.10. The van der Waals surface area contributed by atoms with Crippen LogP contribution >= 0.6 is 15.9 Å². The molecule has 0 saturated heterocycles. The average molecular weight is 348 g/mol. The minimum Gasteiger partial charge on any atom is -0.309 e. The molecule has 0 aliphatic heterocycles. The molecule has 1 rings (SSSR count). The van der Waals surface area contributed by atoms with Crippen LogP contribution in [-0.2, 0) is 9.84 Å². The van der Waals surface area contributed by atoms with Gasteiger partial charge in [-0.15, -0.1) is 0 Å². The molecule has 0 heterocycles. The Bertz CT molecular complexity index is 541. The first-order valence-electron chi connectivity index (χ1n) is 6.42. The van der Waals surface area contributed by atoms with Crippen molar-refractivity contribution in [1.82, 2.24) is 5.32 Å². The first-order chi connectivity index (χ1) is 8.74. The molecule has 1 atom stereocenters. The molecule has 0 amide bonds. The van der Waals surface area contributed by atoms with Crippen molar-refractivity contribution >= 4 is 25.8 Å². The quantitative estimate of drug-likeness (QED) is 0.859. The summed E-state index contributed by atoms with van der Waals surface area (Å²) in [5.41, 5.74) is 3.30. The number of rotatable bonds is 6. The summed E-state index contributed by atoms with van der Waals surface area (Å²) in [6.07, 6.45) is 2.27. The summed E-state index contributed by atoms with van der Waals surface area (Å²) in [5.74, 6) is 0.134. The predicted octanol–water partition coefficient (Wildman–Crippen LogP) is 3.15. The van der Waals surface area contributed by atoms with Gasteiger partial charge in [-0.25, -0.2) is 8.42 Å². The number of hydrogen-bond donors (Lipinski definition) is 1. The number of halogens is 1. The lowest BCUT2D eigenvalue weighted by molar-refractivity contribution is 0.547. The van der Waals surface area contributed by atoms with Crippen LogP contribution in [0.5, 0.6) is 0 Å². The van der Waals surface area contributed by atoms with Gasteiger partial charge < -0.3 is 5.32 Å². The molecular formula is C14H22BrNO2S. The Morgan fingerprint density at radius 1 is 1.26 bits per heavy atom. The van der Waals surface area contributed by atoms with Crippen molar-refractivity contribution in [3.05, 3.63) is 33.3 Å². The van der Waals surface area contributed by atoms with E-state index in [-0.39, 0.29) is 11.8 Å². The molecule has 1 N–H and O–H groups in total. The normalized spacial score (nSPS) is 13.5. The van der Waals surface area contributed by atoms with E-state index in [2.05, 4.69) is 34.2 Å². The highest BCUT2D eigenvalue weighted by Crippen LogP contribution is 2.26. The fourth-order valence-electron chi connectivity index (χ4n) is 2.06. The lowest BCUT2D eigenvalue weighted by Gasteiger charge is -2.21. The second kappa shape index (κ2) is 6.86. The van der Waals surface area contributed by atoms with Crippen LogP contribution in [0.25, 0.3) is 0 Å². The summed E-state index contributed by atoms with van der Waals surface area (Å²) < 4.78 is 24.2. The smallest absolute Gasteiger partial charge is 0.149 e. The summed E-state index contributed by atoms with van der Waals surface area (Å²) >= 11 is 3.50. The van der Waals surface area contributed by atoms with E-state index in [1.54, 1.807) is 0 Å². The summed E-state index contributed by atoms with van der Waals surface area (Å²) in [6.45, 7) is 6.92. The van der Waals surface area contributed by atoms with Gasteiger partial charge in [0.25, 0.3) is 0 Å². The van der Waals surface area contributed by atoms with Crippen molar-refractivity contribution in [2.75, 3.05) is 18.6 Å². The zero-order valence-corrected chi connectivity index (χ0v) is 14.4. The highest BCUT2D eigenvalue weighted by atomic mass is 79.9. The third kappa shape index (κ3) is 5.24. The maximum absolute atomic E-state index is 11.6. The summed E-state index contributed by atoms with van der Waals surface area (Å²) in [6, 6.07) is 3.98. The van der Waals surface area contributed by atoms with E-state index in [4.69, 9.17) is 0 Å². The summed E-state index contributed by atoms with van der Waals surface area (Å²) in [7, 11) is -3.02. The standard InChI is InChI=1S/C14H22BrNO2S/c1-5-6-16-14(9-19(4,17)18)12-7-11(3)13(15)8-10(12)2/h7-8,14,16H,5-6,9H2,1-4H3. The molecule has 0 radical (unpaired) electrons. The Labute approximate surface area is 124 Å². The Hall–Kier alpha value is -0.390. The van der Waals surface area contributed by atoms with Gasteiger partial charge in [-0.2, -0.15) is 0 Å². The van der Waals surface area contributed by atoms with Gasteiger partial charge in [0.1, 0.15) is 9.84 Å². The van der Waals surface area contributed by atoms with E-state index in [0.717, 1.165) is 34.1 Å². The van der Waals surface area contributed by atoms with Gasteiger partial charge in [-0.3, -0.25) is 0 Å². The van der Waals surface area contributed by atoms with Gasteiger partial charge in [0.15, 0.2) is 0 Å². The number of nitrogens with one attached hydrogen (secondary N) is 1. The van der Waals surface area contributed by atoms with Gasteiger partial charge in [0.2, 0.25) is 0 Å². The molecule has 19 heavy (non-hydrogen) atoms. The van der Waals surface area contributed by atoms with Crippen LogP contribution in [0.15, 0.2) is 16.6 Å². The summed E-state index contributed by atoms with van der Waals surface area (Å²) in [4.78, 5) is 0. The van der Waals surface area contributed by atoms with Gasteiger partial charge in [0.05, 0.1) is 5.75 Å². The van der Waals surface area contributed by atoms with Crippen LogP contribution in [-0.4, -0.2) is 27.0 Å². The molecule has 0 aliphatic rings. The van der Waals surface area contributed by atoms with Crippen LogP contribution < -0.4 is 5.32 Å². The maximum atomic E-state index is 11.6. The van der Waals surface area contributed by atoms with Crippen molar-refractivity contribution < 1.29 is 8.42 Å². The molecule has 5 heteroatoms. The first kappa shape index (κ1) is 16.7. The third-order valence-electron chi connectivity index (χ3n) is 3.03. The van der Waals surface area contributed by atoms with E-state index in [1.165, 1.54) is 6.26 Å².